The van der Waals surface area contributed by atoms with Crippen molar-refractivity contribution < 1.29 is 4.74 Å². The van der Waals surface area contributed by atoms with Crippen LogP contribution in [0.15, 0.2) is 30.3 Å². The van der Waals surface area contributed by atoms with Crippen molar-refractivity contribution in [1.82, 2.24) is 5.32 Å². The van der Waals surface area contributed by atoms with Gasteiger partial charge in [-0.2, -0.15) is 0 Å². The Labute approximate surface area is 118 Å². The van der Waals surface area contributed by atoms with Gasteiger partial charge in [-0.25, -0.2) is 0 Å². The fourth-order valence-electron chi connectivity index (χ4n) is 2.18. The maximum Gasteiger partial charge on any atom is 0.0518 e. The standard InChI is InChI=1S/C17H29NO/c1-4-11-18-14-17(10-12-19-15(2)3)13-16-8-6-5-7-9-16/h5-9,15,17-18H,4,10-14H2,1-3H3. The summed E-state index contributed by atoms with van der Waals surface area (Å²) in [6, 6.07) is 10.8. The summed E-state index contributed by atoms with van der Waals surface area (Å²) in [5.74, 6) is 0.660. The molecule has 0 heterocycles. The van der Waals surface area contributed by atoms with Crippen LogP contribution in [0, 0.1) is 5.92 Å². The van der Waals surface area contributed by atoms with Crippen molar-refractivity contribution in [2.75, 3.05) is 19.7 Å². The smallest absolute Gasteiger partial charge is 0.0518 e. The highest BCUT2D eigenvalue weighted by Gasteiger charge is 2.10. The van der Waals surface area contributed by atoms with Gasteiger partial charge in [-0.3, -0.25) is 0 Å². The molecule has 0 aliphatic rings. The lowest BCUT2D eigenvalue weighted by atomic mass is 9.96. The molecule has 0 saturated heterocycles. The zero-order valence-corrected chi connectivity index (χ0v) is 12.7. The second-order valence-electron chi connectivity index (χ2n) is 5.47. The predicted molar refractivity (Wildman–Crippen MR) is 82.5 cm³/mol. The Morgan fingerprint density at radius 1 is 1.16 bits per heavy atom. The molecule has 2 heteroatoms. The number of benzene rings is 1. The van der Waals surface area contributed by atoms with Gasteiger partial charge in [0.15, 0.2) is 0 Å². The number of ether oxygens (including phenoxy) is 1. The SMILES string of the molecule is CCCNCC(CCOC(C)C)Cc1ccccc1. The molecule has 1 atom stereocenters. The van der Waals surface area contributed by atoms with E-state index in [-0.39, 0.29) is 0 Å². The molecule has 108 valence electrons. The van der Waals surface area contributed by atoms with Crippen LogP contribution in [0.2, 0.25) is 0 Å². The van der Waals surface area contributed by atoms with Gasteiger partial charge in [-0.1, -0.05) is 37.3 Å². The van der Waals surface area contributed by atoms with Gasteiger partial charge in [0.25, 0.3) is 0 Å². The van der Waals surface area contributed by atoms with E-state index in [2.05, 4.69) is 56.4 Å². The van der Waals surface area contributed by atoms with E-state index < -0.39 is 0 Å². The summed E-state index contributed by atoms with van der Waals surface area (Å²) in [5, 5.41) is 3.54. The van der Waals surface area contributed by atoms with Crippen molar-refractivity contribution in [2.24, 2.45) is 5.92 Å². The summed E-state index contributed by atoms with van der Waals surface area (Å²) in [5.41, 5.74) is 1.43. The van der Waals surface area contributed by atoms with Crippen LogP contribution in [0.25, 0.3) is 0 Å². The summed E-state index contributed by atoms with van der Waals surface area (Å²) in [7, 11) is 0. The topological polar surface area (TPSA) is 21.3 Å². The number of rotatable bonds is 10. The Kier molecular flexibility index (Phi) is 8.52. The highest BCUT2D eigenvalue weighted by Crippen LogP contribution is 2.12. The minimum absolute atomic E-state index is 0.334. The van der Waals surface area contributed by atoms with E-state index in [1.54, 1.807) is 0 Å². The van der Waals surface area contributed by atoms with E-state index in [1.165, 1.54) is 12.0 Å². The Bertz CT molecular complexity index is 310. The average molecular weight is 263 g/mol. The van der Waals surface area contributed by atoms with Crippen LogP contribution in [0.4, 0.5) is 0 Å². The predicted octanol–water partition coefficient (Wildman–Crippen LogP) is 3.66. The average Bonchev–Trinajstić information content (AvgIpc) is 2.39. The van der Waals surface area contributed by atoms with Crippen molar-refractivity contribution in [2.45, 2.75) is 46.1 Å². The third-order valence-corrected chi connectivity index (χ3v) is 3.20. The van der Waals surface area contributed by atoms with Crippen LogP contribution in [-0.2, 0) is 11.2 Å². The van der Waals surface area contributed by atoms with Crippen molar-refractivity contribution in [3.63, 3.8) is 0 Å². The van der Waals surface area contributed by atoms with Gasteiger partial charge >= 0.3 is 0 Å². The number of hydrogen-bond acceptors (Lipinski definition) is 2. The zero-order valence-electron chi connectivity index (χ0n) is 12.7. The van der Waals surface area contributed by atoms with E-state index >= 15 is 0 Å². The lowest BCUT2D eigenvalue weighted by molar-refractivity contribution is 0.0683. The molecule has 0 aliphatic heterocycles. The molecule has 0 saturated carbocycles. The molecule has 1 aromatic rings. The summed E-state index contributed by atoms with van der Waals surface area (Å²) < 4.78 is 5.69. The highest BCUT2D eigenvalue weighted by atomic mass is 16.5. The van der Waals surface area contributed by atoms with Gasteiger partial charge in [0.05, 0.1) is 6.10 Å². The van der Waals surface area contributed by atoms with Crippen molar-refractivity contribution in [3.05, 3.63) is 35.9 Å². The van der Waals surface area contributed by atoms with Gasteiger partial charge in [0.1, 0.15) is 0 Å². The molecule has 0 aromatic heterocycles. The maximum absolute atomic E-state index is 5.69. The van der Waals surface area contributed by atoms with Crippen molar-refractivity contribution >= 4 is 0 Å². The van der Waals surface area contributed by atoms with Crippen molar-refractivity contribution in [1.29, 1.82) is 0 Å². The largest absolute Gasteiger partial charge is 0.379 e. The third-order valence-electron chi connectivity index (χ3n) is 3.20. The Morgan fingerprint density at radius 2 is 1.89 bits per heavy atom. The summed E-state index contributed by atoms with van der Waals surface area (Å²) in [6.07, 6.45) is 3.80. The van der Waals surface area contributed by atoms with E-state index in [0.717, 1.165) is 32.5 Å². The molecule has 1 rings (SSSR count). The van der Waals surface area contributed by atoms with E-state index in [4.69, 9.17) is 4.74 Å². The first-order valence-corrected chi connectivity index (χ1v) is 7.58. The van der Waals surface area contributed by atoms with Gasteiger partial charge in [0.2, 0.25) is 0 Å². The summed E-state index contributed by atoms with van der Waals surface area (Å²) in [6.45, 7) is 9.47. The molecule has 0 spiro atoms. The molecule has 19 heavy (non-hydrogen) atoms. The minimum atomic E-state index is 0.334. The van der Waals surface area contributed by atoms with Gasteiger partial charge < -0.3 is 10.1 Å². The molecular weight excluding hydrogens is 234 g/mol. The fraction of sp³-hybridized carbons (Fsp3) is 0.647. The minimum Gasteiger partial charge on any atom is -0.379 e. The van der Waals surface area contributed by atoms with E-state index in [1.807, 2.05) is 0 Å². The Morgan fingerprint density at radius 3 is 2.53 bits per heavy atom. The molecular formula is C17H29NO. The van der Waals surface area contributed by atoms with Crippen LogP contribution >= 0.6 is 0 Å². The van der Waals surface area contributed by atoms with Crippen LogP contribution in [0.3, 0.4) is 0 Å². The van der Waals surface area contributed by atoms with Crippen LogP contribution in [0.1, 0.15) is 39.2 Å². The molecule has 2 nitrogen and oxygen atoms in total. The zero-order chi connectivity index (χ0) is 13.9. The first-order chi connectivity index (χ1) is 9.22. The quantitative estimate of drug-likeness (QED) is 0.650. The van der Waals surface area contributed by atoms with Crippen LogP contribution in [0.5, 0.6) is 0 Å². The normalized spacial score (nSPS) is 12.8. The highest BCUT2D eigenvalue weighted by molar-refractivity contribution is 5.15. The van der Waals surface area contributed by atoms with E-state index in [9.17, 15) is 0 Å². The summed E-state index contributed by atoms with van der Waals surface area (Å²) >= 11 is 0. The van der Waals surface area contributed by atoms with Crippen LogP contribution < -0.4 is 5.32 Å². The molecule has 1 unspecified atom stereocenters. The lowest BCUT2D eigenvalue weighted by Crippen LogP contribution is -2.26. The van der Waals surface area contributed by atoms with Gasteiger partial charge in [-0.05, 0) is 57.7 Å². The maximum atomic E-state index is 5.69. The first-order valence-electron chi connectivity index (χ1n) is 7.58. The molecule has 0 bridgehead atoms. The summed E-state index contributed by atoms with van der Waals surface area (Å²) in [4.78, 5) is 0. The van der Waals surface area contributed by atoms with Gasteiger partial charge in [-0.15, -0.1) is 0 Å². The van der Waals surface area contributed by atoms with E-state index in [0.29, 0.717) is 12.0 Å². The number of nitrogens with one attached hydrogen (secondary N) is 1. The molecule has 0 fully saturated rings. The Balaban J connectivity index is 2.39. The molecule has 1 aromatic carbocycles. The van der Waals surface area contributed by atoms with Gasteiger partial charge in [0, 0.05) is 6.61 Å². The molecule has 0 aliphatic carbocycles. The second-order valence-corrected chi connectivity index (χ2v) is 5.47. The molecule has 1 N–H and O–H groups in total. The van der Waals surface area contributed by atoms with Crippen LogP contribution in [-0.4, -0.2) is 25.8 Å². The lowest BCUT2D eigenvalue weighted by Gasteiger charge is -2.18. The number of hydrogen-bond donors (Lipinski definition) is 1. The fourth-order valence-corrected chi connectivity index (χ4v) is 2.18. The third kappa shape index (κ3) is 8.02. The first kappa shape index (κ1) is 16.2. The second kappa shape index (κ2) is 9.99. The Hall–Kier alpha value is -0.860. The molecule has 0 amide bonds. The monoisotopic (exact) mass is 263 g/mol. The van der Waals surface area contributed by atoms with Crippen molar-refractivity contribution in [3.8, 4) is 0 Å². The molecule has 0 radical (unpaired) electrons.